The SMILES string of the molecule is CCCNC1CCCc2ccc(OCCOCC)cc21. The fourth-order valence-corrected chi connectivity index (χ4v) is 2.76. The molecule has 0 aliphatic heterocycles. The average Bonchev–Trinajstić information content (AvgIpc) is 2.49. The molecule has 2 rings (SSSR count). The van der Waals surface area contributed by atoms with Crippen molar-refractivity contribution in [1.29, 1.82) is 0 Å². The Morgan fingerprint density at radius 3 is 2.95 bits per heavy atom. The van der Waals surface area contributed by atoms with Crippen LogP contribution in [-0.4, -0.2) is 26.4 Å². The van der Waals surface area contributed by atoms with E-state index < -0.39 is 0 Å². The van der Waals surface area contributed by atoms with E-state index in [1.165, 1.54) is 36.8 Å². The van der Waals surface area contributed by atoms with Gasteiger partial charge in [-0.25, -0.2) is 0 Å². The second kappa shape index (κ2) is 8.28. The molecule has 0 saturated heterocycles. The lowest BCUT2D eigenvalue weighted by Gasteiger charge is -2.27. The Hall–Kier alpha value is -1.06. The van der Waals surface area contributed by atoms with Crippen LogP contribution in [0.4, 0.5) is 0 Å². The van der Waals surface area contributed by atoms with Gasteiger partial charge >= 0.3 is 0 Å². The highest BCUT2D eigenvalue weighted by Crippen LogP contribution is 2.32. The quantitative estimate of drug-likeness (QED) is 0.738. The van der Waals surface area contributed by atoms with Crippen LogP contribution in [-0.2, 0) is 11.2 Å². The summed E-state index contributed by atoms with van der Waals surface area (Å²) in [5, 5.41) is 3.65. The summed E-state index contributed by atoms with van der Waals surface area (Å²) in [6.07, 6.45) is 4.88. The van der Waals surface area contributed by atoms with E-state index in [1.54, 1.807) is 0 Å². The molecule has 0 amide bonds. The number of nitrogens with one attached hydrogen (secondary N) is 1. The van der Waals surface area contributed by atoms with Gasteiger partial charge in [0.05, 0.1) is 6.61 Å². The van der Waals surface area contributed by atoms with Gasteiger partial charge in [-0.05, 0) is 62.4 Å². The van der Waals surface area contributed by atoms with Crippen LogP contribution >= 0.6 is 0 Å². The summed E-state index contributed by atoms with van der Waals surface area (Å²) in [5.74, 6) is 0.966. The Balaban J connectivity index is 1.99. The molecule has 112 valence electrons. The summed E-state index contributed by atoms with van der Waals surface area (Å²) in [5.41, 5.74) is 2.90. The van der Waals surface area contributed by atoms with E-state index in [-0.39, 0.29) is 0 Å². The van der Waals surface area contributed by atoms with Crippen molar-refractivity contribution in [1.82, 2.24) is 5.32 Å². The highest BCUT2D eigenvalue weighted by molar-refractivity contribution is 5.39. The second-order valence-electron chi connectivity index (χ2n) is 5.30. The molecule has 0 fully saturated rings. The third-order valence-electron chi connectivity index (χ3n) is 3.77. The van der Waals surface area contributed by atoms with E-state index in [1.807, 2.05) is 6.92 Å². The van der Waals surface area contributed by atoms with Gasteiger partial charge in [-0.2, -0.15) is 0 Å². The summed E-state index contributed by atoms with van der Waals surface area (Å²) >= 11 is 0. The zero-order valence-electron chi connectivity index (χ0n) is 12.8. The monoisotopic (exact) mass is 277 g/mol. The molecule has 1 atom stereocenters. The van der Waals surface area contributed by atoms with Gasteiger partial charge in [0.1, 0.15) is 12.4 Å². The minimum Gasteiger partial charge on any atom is -0.491 e. The van der Waals surface area contributed by atoms with Crippen LogP contribution in [0.25, 0.3) is 0 Å². The number of aryl methyl sites for hydroxylation is 1. The fraction of sp³-hybridized carbons (Fsp3) is 0.647. The molecular weight excluding hydrogens is 250 g/mol. The molecule has 0 aromatic heterocycles. The zero-order chi connectivity index (χ0) is 14.2. The first-order valence-electron chi connectivity index (χ1n) is 7.92. The van der Waals surface area contributed by atoms with E-state index in [0.29, 0.717) is 19.3 Å². The van der Waals surface area contributed by atoms with Crippen LogP contribution in [0, 0.1) is 0 Å². The van der Waals surface area contributed by atoms with Gasteiger partial charge in [0, 0.05) is 12.6 Å². The van der Waals surface area contributed by atoms with Gasteiger partial charge < -0.3 is 14.8 Å². The maximum absolute atomic E-state index is 5.77. The first-order chi connectivity index (χ1) is 9.85. The summed E-state index contributed by atoms with van der Waals surface area (Å²) < 4.78 is 11.1. The van der Waals surface area contributed by atoms with Gasteiger partial charge in [0.25, 0.3) is 0 Å². The molecule has 20 heavy (non-hydrogen) atoms. The molecule has 1 aromatic carbocycles. The lowest BCUT2D eigenvalue weighted by molar-refractivity contribution is 0.110. The Kier molecular flexibility index (Phi) is 6.34. The van der Waals surface area contributed by atoms with Crippen molar-refractivity contribution < 1.29 is 9.47 Å². The van der Waals surface area contributed by atoms with E-state index in [0.717, 1.165) is 18.9 Å². The van der Waals surface area contributed by atoms with Gasteiger partial charge in [-0.3, -0.25) is 0 Å². The first-order valence-corrected chi connectivity index (χ1v) is 7.92. The zero-order valence-corrected chi connectivity index (χ0v) is 12.8. The van der Waals surface area contributed by atoms with Gasteiger partial charge in [0.15, 0.2) is 0 Å². The van der Waals surface area contributed by atoms with Crippen LogP contribution in [0.1, 0.15) is 50.3 Å². The number of hydrogen-bond donors (Lipinski definition) is 1. The molecule has 1 aromatic rings. The van der Waals surface area contributed by atoms with Crippen molar-refractivity contribution in [3.63, 3.8) is 0 Å². The third-order valence-corrected chi connectivity index (χ3v) is 3.77. The van der Waals surface area contributed by atoms with Crippen molar-refractivity contribution in [3.8, 4) is 5.75 Å². The summed E-state index contributed by atoms with van der Waals surface area (Å²) in [6.45, 7) is 7.33. The van der Waals surface area contributed by atoms with Crippen LogP contribution in [0.2, 0.25) is 0 Å². The molecule has 0 spiro atoms. The number of benzene rings is 1. The Morgan fingerprint density at radius 1 is 1.25 bits per heavy atom. The van der Waals surface area contributed by atoms with Crippen molar-refractivity contribution >= 4 is 0 Å². The fourth-order valence-electron chi connectivity index (χ4n) is 2.76. The molecule has 0 saturated carbocycles. The average molecular weight is 277 g/mol. The van der Waals surface area contributed by atoms with Crippen LogP contribution in [0.15, 0.2) is 18.2 Å². The topological polar surface area (TPSA) is 30.5 Å². The summed E-state index contributed by atoms with van der Waals surface area (Å²) in [7, 11) is 0. The van der Waals surface area contributed by atoms with Crippen LogP contribution in [0.5, 0.6) is 5.75 Å². The lowest BCUT2D eigenvalue weighted by Crippen LogP contribution is -2.25. The molecule has 3 nitrogen and oxygen atoms in total. The molecule has 1 aliphatic carbocycles. The summed E-state index contributed by atoms with van der Waals surface area (Å²) in [6, 6.07) is 7.03. The third kappa shape index (κ3) is 4.22. The molecule has 1 aliphatic rings. The Morgan fingerprint density at radius 2 is 2.15 bits per heavy atom. The van der Waals surface area contributed by atoms with Crippen molar-refractivity contribution in [2.75, 3.05) is 26.4 Å². The van der Waals surface area contributed by atoms with Crippen molar-refractivity contribution in [2.24, 2.45) is 0 Å². The van der Waals surface area contributed by atoms with E-state index >= 15 is 0 Å². The van der Waals surface area contributed by atoms with E-state index in [9.17, 15) is 0 Å². The molecule has 3 heteroatoms. The maximum Gasteiger partial charge on any atom is 0.119 e. The highest BCUT2D eigenvalue weighted by Gasteiger charge is 2.19. The predicted molar refractivity (Wildman–Crippen MR) is 82.4 cm³/mol. The minimum absolute atomic E-state index is 0.495. The molecular formula is C17H27NO2. The van der Waals surface area contributed by atoms with Crippen molar-refractivity contribution in [2.45, 2.75) is 45.6 Å². The normalized spacial score (nSPS) is 17.8. The van der Waals surface area contributed by atoms with Gasteiger partial charge in [0.2, 0.25) is 0 Å². The van der Waals surface area contributed by atoms with Gasteiger partial charge in [-0.15, -0.1) is 0 Å². The van der Waals surface area contributed by atoms with Crippen LogP contribution < -0.4 is 10.1 Å². The molecule has 0 bridgehead atoms. The molecule has 1 unspecified atom stereocenters. The van der Waals surface area contributed by atoms with Gasteiger partial charge in [-0.1, -0.05) is 13.0 Å². The maximum atomic E-state index is 5.77. The number of rotatable bonds is 8. The predicted octanol–water partition coefficient (Wildman–Crippen LogP) is 3.48. The number of ether oxygens (including phenoxy) is 2. The molecule has 0 radical (unpaired) electrons. The van der Waals surface area contributed by atoms with E-state index in [2.05, 4.69) is 30.4 Å². The Labute approximate surface area is 122 Å². The molecule has 1 N–H and O–H groups in total. The first kappa shape index (κ1) is 15.3. The minimum atomic E-state index is 0.495. The summed E-state index contributed by atoms with van der Waals surface area (Å²) in [4.78, 5) is 0. The second-order valence-corrected chi connectivity index (χ2v) is 5.30. The lowest BCUT2D eigenvalue weighted by atomic mass is 9.87. The highest BCUT2D eigenvalue weighted by atomic mass is 16.5. The van der Waals surface area contributed by atoms with Crippen molar-refractivity contribution in [3.05, 3.63) is 29.3 Å². The largest absolute Gasteiger partial charge is 0.491 e. The Bertz CT molecular complexity index is 406. The number of hydrogen-bond acceptors (Lipinski definition) is 3. The standard InChI is InChI=1S/C17H27NO2/c1-3-10-18-17-7-5-6-14-8-9-15(13-16(14)17)20-12-11-19-4-2/h8-9,13,17-18H,3-7,10-12H2,1-2H3. The smallest absolute Gasteiger partial charge is 0.119 e. The molecule has 0 heterocycles. The van der Waals surface area contributed by atoms with E-state index in [4.69, 9.17) is 9.47 Å². The number of fused-ring (bicyclic) bond motifs is 1. The van der Waals surface area contributed by atoms with Crippen LogP contribution in [0.3, 0.4) is 0 Å².